The number of nitrogens with zero attached hydrogens (tertiary/aromatic N) is 4. The molecule has 5 nitrogen and oxygen atoms in total. The van der Waals surface area contributed by atoms with Crippen LogP contribution in [0, 0.1) is 0 Å². The van der Waals surface area contributed by atoms with E-state index < -0.39 is 0 Å². The van der Waals surface area contributed by atoms with Gasteiger partial charge in [-0.1, -0.05) is 43.7 Å². The zero-order chi connectivity index (χ0) is 17.5. The Morgan fingerprint density at radius 2 is 2.16 bits per heavy atom. The van der Waals surface area contributed by atoms with Crippen molar-refractivity contribution in [1.82, 2.24) is 14.6 Å². The highest BCUT2D eigenvalue weighted by Gasteiger charge is 2.22. The minimum Gasteiger partial charge on any atom is -0.382 e. The SMILES string of the molecule is CCCCn1c(/C=N/N2CCC[C@H]2COC)cnc1-c1ccccc1. The molecule has 134 valence electrons. The van der Waals surface area contributed by atoms with Crippen LogP contribution in [0.5, 0.6) is 0 Å². The predicted molar refractivity (Wildman–Crippen MR) is 102 cm³/mol. The fourth-order valence-electron chi connectivity index (χ4n) is 3.33. The van der Waals surface area contributed by atoms with Gasteiger partial charge in [-0.15, -0.1) is 0 Å². The van der Waals surface area contributed by atoms with E-state index >= 15 is 0 Å². The molecule has 1 aromatic heterocycles. The number of ether oxygens (including phenoxy) is 1. The fourth-order valence-corrected chi connectivity index (χ4v) is 3.33. The zero-order valence-electron chi connectivity index (χ0n) is 15.3. The molecule has 0 radical (unpaired) electrons. The number of imidazole rings is 1. The highest BCUT2D eigenvalue weighted by atomic mass is 16.5. The molecule has 0 unspecified atom stereocenters. The van der Waals surface area contributed by atoms with Crippen LogP contribution < -0.4 is 0 Å². The lowest BCUT2D eigenvalue weighted by Gasteiger charge is -2.20. The quantitative estimate of drug-likeness (QED) is 0.687. The Hall–Kier alpha value is -2.14. The molecule has 1 atom stereocenters. The lowest BCUT2D eigenvalue weighted by molar-refractivity contribution is 0.118. The maximum Gasteiger partial charge on any atom is 0.140 e. The van der Waals surface area contributed by atoms with Gasteiger partial charge in [0.2, 0.25) is 0 Å². The summed E-state index contributed by atoms with van der Waals surface area (Å²) >= 11 is 0. The van der Waals surface area contributed by atoms with Crippen molar-refractivity contribution in [3.8, 4) is 11.4 Å². The molecule has 0 bridgehead atoms. The Labute approximate surface area is 150 Å². The molecule has 0 saturated carbocycles. The molecule has 1 fully saturated rings. The average molecular weight is 340 g/mol. The summed E-state index contributed by atoms with van der Waals surface area (Å²) in [6.07, 6.45) is 8.51. The van der Waals surface area contributed by atoms with E-state index in [9.17, 15) is 0 Å². The number of hydrogen-bond acceptors (Lipinski definition) is 4. The topological polar surface area (TPSA) is 42.7 Å². The summed E-state index contributed by atoms with van der Waals surface area (Å²) in [4.78, 5) is 4.67. The van der Waals surface area contributed by atoms with Crippen LogP contribution in [-0.2, 0) is 11.3 Å². The molecule has 1 aliphatic rings. The first-order valence-corrected chi connectivity index (χ1v) is 9.24. The summed E-state index contributed by atoms with van der Waals surface area (Å²) < 4.78 is 7.60. The average Bonchev–Trinajstić information content (AvgIpc) is 3.26. The second-order valence-corrected chi connectivity index (χ2v) is 6.54. The van der Waals surface area contributed by atoms with Gasteiger partial charge in [-0.25, -0.2) is 4.98 Å². The first-order chi connectivity index (χ1) is 12.3. The Morgan fingerprint density at radius 1 is 1.32 bits per heavy atom. The highest BCUT2D eigenvalue weighted by molar-refractivity contribution is 5.78. The van der Waals surface area contributed by atoms with E-state index in [0.717, 1.165) is 56.0 Å². The third kappa shape index (κ3) is 4.28. The number of methoxy groups -OCH3 is 1. The van der Waals surface area contributed by atoms with Crippen LogP contribution >= 0.6 is 0 Å². The molecule has 0 aliphatic carbocycles. The van der Waals surface area contributed by atoms with Gasteiger partial charge in [0.05, 0.1) is 30.8 Å². The number of unbranched alkanes of at least 4 members (excludes halogenated alkanes) is 1. The third-order valence-electron chi connectivity index (χ3n) is 4.70. The van der Waals surface area contributed by atoms with E-state index in [1.165, 1.54) is 6.42 Å². The Morgan fingerprint density at radius 3 is 2.92 bits per heavy atom. The molecule has 1 saturated heterocycles. The maximum absolute atomic E-state index is 5.31. The van der Waals surface area contributed by atoms with Gasteiger partial charge in [0.25, 0.3) is 0 Å². The van der Waals surface area contributed by atoms with Gasteiger partial charge in [-0.05, 0) is 19.3 Å². The molecular weight excluding hydrogens is 312 g/mol. The molecule has 2 aromatic rings. The lowest BCUT2D eigenvalue weighted by Crippen LogP contribution is -2.28. The number of aromatic nitrogens is 2. The van der Waals surface area contributed by atoms with E-state index in [-0.39, 0.29) is 0 Å². The van der Waals surface area contributed by atoms with Gasteiger partial charge >= 0.3 is 0 Å². The van der Waals surface area contributed by atoms with Crippen LogP contribution in [0.3, 0.4) is 0 Å². The second-order valence-electron chi connectivity index (χ2n) is 6.54. The first kappa shape index (κ1) is 17.7. The summed E-state index contributed by atoms with van der Waals surface area (Å²) in [7, 11) is 1.76. The zero-order valence-corrected chi connectivity index (χ0v) is 15.3. The number of rotatable bonds is 8. The summed E-state index contributed by atoms with van der Waals surface area (Å²) in [5, 5.41) is 6.89. The van der Waals surface area contributed by atoms with Crippen LogP contribution in [0.1, 0.15) is 38.3 Å². The van der Waals surface area contributed by atoms with Crippen molar-refractivity contribution >= 4 is 6.21 Å². The third-order valence-corrected chi connectivity index (χ3v) is 4.70. The smallest absolute Gasteiger partial charge is 0.140 e. The van der Waals surface area contributed by atoms with E-state index in [1.54, 1.807) is 7.11 Å². The molecule has 1 aliphatic heterocycles. The predicted octanol–water partition coefficient (Wildman–Crippen LogP) is 3.79. The van der Waals surface area contributed by atoms with Gasteiger partial charge in [0, 0.05) is 25.8 Å². The van der Waals surface area contributed by atoms with Crippen LogP contribution in [0.25, 0.3) is 11.4 Å². The summed E-state index contributed by atoms with van der Waals surface area (Å²) in [5.41, 5.74) is 2.21. The van der Waals surface area contributed by atoms with Gasteiger partial charge in [-0.2, -0.15) is 5.10 Å². The molecule has 5 heteroatoms. The highest BCUT2D eigenvalue weighted by Crippen LogP contribution is 2.21. The van der Waals surface area contributed by atoms with Gasteiger partial charge in [0.1, 0.15) is 5.82 Å². The molecule has 3 rings (SSSR count). The summed E-state index contributed by atoms with van der Waals surface area (Å²) in [6.45, 7) is 4.91. The number of benzene rings is 1. The van der Waals surface area contributed by atoms with Gasteiger partial charge in [-0.3, -0.25) is 5.01 Å². The summed E-state index contributed by atoms with van der Waals surface area (Å²) in [5.74, 6) is 1.02. The van der Waals surface area contributed by atoms with Crippen LogP contribution in [0.2, 0.25) is 0 Å². The molecule has 0 amide bonds. The van der Waals surface area contributed by atoms with Crippen molar-refractivity contribution < 1.29 is 4.74 Å². The van der Waals surface area contributed by atoms with Crippen molar-refractivity contribution in [3.63, 3.8) is 0 Å². The molecule has 0 spiro atoms. The van der Waals surface area contributed by atoms with Crippen molar-refractivity contribution in [2.24, 2.45) is 5.10 Å². The van der Waals surface area contributed by atoms with E-state index in [4.69, 9.17) is 9.84 Å². The maximum atomic E-state index is 5.31. The Balaban J connectivity index is 1.83. The number of hydrogen-bond donors (Lipinski definition) is 0. The first-order valence-electron chi connectivity index (χ1n) is 9.24. The van der Waals surface area contributed by atoms with Gasteiger partial charge in [0.15, 0.2) is 0 Å². The normalized spacial score (nSPS) is 17.7. The largest absolute Gasteiger partial charge is 0.382 e. The van der Waals surface area contributed by atoms with Gasteiger partial charge < -0.3 is 9.30 Å². The van der Waals surface area contributed by atoms with E-state index in [2.05, 4.69) is 45.7 Å². The molecule has 1 aromatic carbocycles. The molecule has 2 heterocycles. The lowest BCUT2D eigenvalue weighted by atomic mass is 10.2. The van der Waals surface area contributed by atoms with Crippen molar-refractivity contribution in [3.05, 3.63) is 42.2 Å². The Kier molecular flexibility index (Phi) is 6.23. The Bertz CT molecular complexity index is 680. The van der Waals surface area contributed by atoms with Crippen molar-refractivity contribution in [1.29, 1.82) is 0 Å². The van der Waals surface area contributed by atoms with Crippen molar-refractivity contribution in [2.75, 3.05) is 20.3 Å². The molecule has 25 heavy (non-hydrogen) atoms. The second kappa shape index (κ2) is 8.81. The summed E-state index contributed by atoms with van der Waals surface area (Å²) in [6, 6.07) is 10.8. The van der Waals surface area contributed by atoms with Crippen LogP contribution in [0.4, 0.5) is 0 Å². The van der Waals surface area contributed by atoms with Crippen molar-refractivity contribution in [2.45, 2.75) is 45.2 Å². The number of hydrazone groups is 1. The van der Waals surface area contributed by atoms with Crippen LogP contribution in [-0.4, -0.2) is 47.1 Å². The van der Waals surface area contributed by atoms with Crippen LogP contribution in [0.15, 0.2) is 41.6 Å². The minimum atomic E-state index is 0.391. The molecular formula is C20H28N4O. The standard InChI is InChI=1S/C20H28N4O/c1-3-4-12-23-19(14-21-20(23)17-9-6-5-7-10-17)15-22-24-13-8-11-18(24)16-25-2/h5-7,9-10,14-15,18H,3-4,8,11-13,16H2,1-2H3/b22-15+/t18-/m0/s1. The minimum absolute atomic E-state index is 0.391. The monoisotopic (exact) mass is 340 g/mol. The van der Waals surface area contributed by atoms with E-state index in [0.29, 0.717) is 6.04 Å². The fraction of sp³-hybridized carbons (Fsp3) is 0.500. The van der Waals surface area contributed by atoms with E-state index in [1.807, 2.05) is 18.5 Å². The molecule has 0 N–H and O–H groups in total.